The van der Waals surface area contributed by atoms with Crippen LogP contribution in [0, 0.1) is 0 Å². The molecule has 2 aliphatic rings. The number of carbonyl (C=O) groups excluding carboxylic acids is 2. The van der Waals surface area contributed by atoms with E-state index in [2.05, 4.69) is 0 Å². The minimum Gasteiger partial charge on any atom is -0.463 e. The second-order valence-electron chi connectivity index (χ2n) is 10.1. The van der Waals surface area contributed by atoms with Gasteiger partial charge in [-0.1, -0.05) is 0 Å². The molecule has 2 heterocycles. The van der Waals surface area contributed by atoms with Crippen LogP contribution in [0.5, 0.6) is 0 Å². The standard InChI is InChI=1S/C24H39Cl3O16/c25-5-12-19(35)22(38)24(9-26,42-12)43-23-21(37)20(36)16(27)13(41-23)8-40-15(32)4-2-1-3-14(31)39-7-11(30)18(34)17(33)10(29)6-28/h10-13,16-23,28-30,33-38H,1-9H2/t10-,11-,12?,13?,16?,17-,18-,19?,20?,21?,22?,23?,24+/m1/s1. The van der Waals surface area contributed by atoms with Crippen molar-refractivity contribution in [1.82, 2.24) is 0 Å². The first-order valence-corrected chi connectivity index (χ1v) is 14.9. The van der Waals surface area contributed by atoms with Gasteiger partial charge in [0.2, 0.25) is 5.79 Å². The summed E-state index contributed by atoms with van der Waals surface area (Å²) in [5.41, 5.74) is 0. The molecule has 0 aromatic rings. The Bertz CT molecular complexity index is 874. The fourth-order valence-electron chi connectivity index (χ4n) is 4.24. The Kier molecular flexibility index (Phi) is 16.0. The van der Waals surface area contributed by atoms with E-state index in [0.29, 0.717) is 0 Å². The highest BCUT2D eigenvalue weighted by molar-refractivity contribution is 6.21. The number of aliphatic hydroxyl groups is 9. The third-order valence-electron chi connectivity index (χ3n) is 6.94. The van der Waals surface area contributed by atoms with Gasteiger partial charge in [-0.25, -0.2) is 0 Å². The summed E-state index contributed by atoms with van der Waals surface area (Å²) >= 11 is 17.8. The molecule has 2 saturated heterocycles. The third kappa shape index (κ3) is 10.2. The van der Waals surface area contributed by atoms with E-state index in [4.69, 9.17) is 63.6 Å². The van der Waals surface area contributed by atoms with Gasteiger partial charge in [-0.3, -0.25) is 9.59 Å². The van der Waals surface area contributed by atoms with Gasteiger partial charge < -0.3 is 69.6 Å². The van der Waals surface area contributed by atoms with Crippen molar-refractivity contribution in [3.63, 3.8) is 0 Å². The third-order valence-corrected chi connectivity index (χ3v) is 8.16. The van der Waals surface area contributed by atoms with E-state index in [1.807, 2.05) is 0 Å². The van der Waals surface area contributed by atoms with Crippen LogP contribution in [0.2, 0.25) is 0 Å². The van der Waals surface area contributed by atoms with Crippen molar-refractivity contribution in [2.45, 2.75) is 104 Å². The lowest BCUT2D eigenvalue weighted by atomic mass is 10.0. The smallest absolute Gasteiger partial charge is 0.305 e. The molecule has 8 unspecified atom stereocenters. The first-order chi connectivity index (χ1) is 20.2. The van der Waals surface area contributed by atoms with Crippen molar-refractivity contribution < 1.29 is 79.2 Å². The molecular formula is C24H39Cl3O16. The maximum atomic E-state index is 12.2. The summed E-state index contributed by atoms with van der Waals surface area (Å²) in [7, 11) is 0. The molecule has 0 radical (unpaired) electrons. The molecule has 16 nitrogen and oxygen atoms in total. The quantitative estimate of drug-likeness (QED) is 0.0406. The van der Waals surface area contributed by atoms with Gasteiger partial charge in [0.15, 0.2) is 6.29 Å². The summed E-state index contributed by atoms with van der Waals surface area (Å²) < 4.78 is 26.6. The topological polar surface area (TPSA) is 262 Å². The van der Waals surface area contributed by atoms with Crippen molar-refractivity contribution in [3.8, 4) is 0 Å². The Morgan fingerprint density at radius 3 is 1.95 bits per heavy atom. The van der Waals surface area contributed by atoms with E-state index < -0.39 is 116 Å². The number of ether oxygens (including phenoxy) is 5. The number of aliphatic hydroxyl groups excluding tert-OH is 9. The maximum Gasteiger partial charge on any atom is 0.305 e. The van der Waals surface area contributed by atoms with Crippen LogP contribution in [0.3, 0.4) is 0 Å². The largest absolute Gasteiger partial charge is 0.463 e. The van der Waals surface area contributed by atoms with Crippen LogP contribution in [0.1, 0.15) is 25.7 Å². The summed E-state index contributed by atoms with van der Waals surface area (Å²) in [6.07, 6.45) is -17.5. The first kappa shape index (κ1) is 38.5. The van der Waals surface area contributed by atoms with Crippen molar-refractivity contribution in [2.75, 3.05) is 31.6 Å². The van der Waals surface area contributed by atoms with Crippen LogP contribution < -0.4 is 0 Å². The summed E-state index contributed by atoms with van der Waals surface area (Å²) in [6, 6.07) is 0. The van der Waals surface area contributed by atoms with E-state index in [1.165, 1.54) is 0 Å². The summed E-state index contributed by atoms with van der Waals surface area (Å²) in [5.74, 6) is -4.26. The molecule has 2 rings (SSSR count). The van der Waals surface area contributed by atoms with Gasteiger partial charge in [-0.15, -0.1) is 34.8 Å². The van der Waals surface area contributed by atoms with E-state index >= 15 is 0 Å². The van der Waals surface area contributed by atoms with Crippen LogP contribution >= 0.6 is 34.8 Å². The lowest BCUT2D eigenvalue weighted by Gasteiger charge is -2.43. The van der Waals surface area contributed by atoms with Crippen LogP contribution in [0.15, 0.2) is 0 Å². The number of rotatable bonds is 17. The predicted octanol–water partition coefficient (Wildman–Crippen LogP) is -3.57. The Morgan fingerprint density at radius 1 is 0.837 bits per heavy atom. The molecule has 13 atom stereocenters. The monoisotopic (exact) mass is 688 g/mol. The second kappa shape index (κ2) is 17.9. The zero-order valence-electron chi connectivity index (χ0n) is 22.8. The average molecular weight is 690 g/mol. The number of esters is 2. The van der Waals surface area contributed by atoms with Gasteiger partial charge in [-0.2, -0.15) is 0 Å². The second-order valence-corrected chi connectivity index (χ2v) is 11.2. The van der Waals surface area contributed by atoms with Crippen LogP contribution in [0.4, 0.5) is 0 Å². The van der Waals surface area contributed by atoms with Crippen LogP contribution in [-0.2, 0) is 33.3 Å². The maximum absolute atomic E-state index is 12.2. The highest BCUT2D eigenvalue weighted by atomic mass is 35.5. The van der Waals surface area contributed by atoms with Crippen molar-refractivity contribution >= 4 is 46.7 Å². The molecule has 0 bridgehead atoms. The van der Waals surface area contributed by atoms with Gasteiger partial charge >= 0.3 is 11.9 Å². The molecule has 9 N–H and O–H groups in total. The molecule has 19 heteroatoms. The zero-order chi connectivity index (χ0) is 32.5. The first-order valence-electron chi connectivity index (χ1n) is 13.4. The fourth-order valence-corrected chi connectivity index (χ4v) is 5.05. The number of carbonyl (C=O) groups is 2. The van der Waals surface area contributed by atoms with Gasteiger partial charge in [0.25, 0.3) is 0 Å². The fraction of sp³-hybridized carbons (Fsp3) is 0.917. The molecule has 0 aliphatic carbocycles. The number of unbranched alkanes of at least 4 members (excludes halogenated alkanes) is 1. The lowest BCUT2D eigenvalue weighted by Crippen LogP contribution is -2.61. The number of hydrogen-bond acceptors (Lipinski definition) is 16. The zero-order valence-corrected chi connectivity index (χ0v) is 25.1. The normalized spacial score (nSPS) is 35.6. The summed E-state index contributed by atoms with van der Waals surface area (Å²) in [6.45, 7) is -2.01. The van der Waals surface area contributed by atoms with Crippen molar-refractivity contribution in [2.24, 2.45) is 0 Å². The molecule has 0 saturated carbocycles. The Labute approximate surface area is 261 Å². The average Bonchev–Trinajstić information content (AvgIpc) is 3.25. The molecule has 43 heavy (non-hydrogen) atoms. The van der Waals surface area contributed by atoms with Crippen molar-refractivity contribution in [1.29, 1.82) is 0 Å². The van der Waals surface area contributed by atoms with Gasteiger partial charge in [0, 0.05) is 12.8 Å². The van der Waals surface area contributed by atoms with Crippen LogP contribution in [0.25, 0.3) is 0 Å². The highest BCUT2D eigenvalue weighted by Crippen LogP contribution is 2.38. The van der Waals surface area contributed by atoms with Gasteiger partial charge in [-0.05, 0) is 12.8 Å². The van der Waals surface area contributed by atoms with Gasteiger partial charge in [0.05, 0.1) is 23.7 Å². The van der Waals surface area contributed by atoms with E-state index in [1.54, 1.807) is 0 Å². The molecule has 2 fully saturated rings. The molecule has 2 aliphatic heterocycles. The SMILES string of the molecule is O=C(CCCCC(=O)OC[C@@H](O)[C@@H](O)[C@H](O)[C@H](O)CO)OCC1OC(O[C@]2(CCl)OC(CCl)C(O)C2O)C(O)C(O)C1Cl. The van der Waals surface area contributed by atoms with E-state index in [-0.39, 0.29) is 31.6 Å². The number of halogens is 3. The summed E-state index contributed by atoms with van der Waals surface area (Å²) in [4.78, 5) is 24.1. The minimum absolute atomic E-state index is 0.141. The van der Waals surface area contributed by atoms with E-state index in [0.717, 1.165) is 0 Å². The van der Waals surface area contributed by atoms with Crippen molar-refractivity contribution in [3.05, 3.63) is 0 Å². The number of hydrogen-bond donors (Lipinski definition) is 9. The van der Waals surface area contributed by atoms with Gasteiger partial charge in [0.1, 0.15) is 74.3 Å². The predicted molar refractivity (Wildman–Crippen MR) is 144 cm³/mol. The molecule has 0 spiro atoms. The molecule has 252 valence electrons. The van der Waals surface area contributed by atoms with Crippen LogP contribution in [-0.4, -0.2) is 168 Å². The molecule has 0 amide bonds. The number of alkyl halides is 3. The molecule has 0 aromatic heterocycles. The Morgan fingerprint density at radius 2 is 1.42 bits per heavy atom. The minimum atomic E-state index is -2.05. The van der Waals surface area contributed by atoms with E-state index in [9.17, 15) is 50.4 Å². The molecule has 0 aromatic carbocycles. The highest BCUT2D eigenvalue weighted by Gasteiger charge is 2.58. The summed E-state index contributed by atoms with van der Waals surface area (Å²) in [5, 5.41) is 87.2. The Hall–Kier alpha value is -0.670. The lowest BCUT2D eigenvalue weighted by molar-refractivity contribution is -0.357. The molecular weight excluding hydrogens is 651 g/mol. The Balaban J connectivity index is 1.77.